The summed E-state index contributed by atoms with van der Waals surface area (Å²) in [7, 11) is 3.93. The number of hydrogen-bond donors (Lipinski definition) is 1. The van der Waals surface area contributed by atoms with Gasteiger partial charge in [-0.3, -0.25) is 5.32 Å². The highest BCUT2D eigenvalue weighted by molar-refractivity contribution is 5.92. The number of benzene rings is 2. The molecule has 0 atom stereocenters. The molecule has 0 aliphatic rings. The average Bonchev–Trinajstić information content (AvgIpc) is 2.62. The maximum absolute atomic E-state index is 12.6. The molecule has 1 heterocycles. The zero-order valence-corrected chi connectivity index (χ0v) is 15.8. The molecule has 1 aromatic heterocycles. The Labute approximate surface area is 157 Å². The van der Waals surface area contributed by atoms with E-state index in [9.17, 15) is 9.59 Å². The third kappa shape index (κ3) is 3.79. The predicted molar refractivity (Wildman–Crippen MR) is 108 cm³/mol. The Hall–Kier alpha value is -3.28. The van der Waals surface area contributed by atoms with Gasteiger partial charge in [0.1, 0.15) is 5.58 Å². The number of hydrogen-bond acceptors (Lipinski definition) is 5. The molecule has 0 aliphatic carbocycles. The lowest BCUT2D eigenvalue weighted by molar-refractivity contribution is 0.168. The highest BCUT2D eigenvalue weighted by Crippen LogP contribution is 2.29. The summed E-state index contributed by atoms with van der Waals surface area (Å²) in [6.07, 6.45) is -0.548. The lowest BCUT2D eigenvalue weighted by Gasteiger charge is -2.13. The van der Waals surface area contributed by atoms with Crippen molar-refractivity contribution in [2.24, 2.45) is 0 Å². The van der Waals surface area contributed by atoms with Crippen LogP contribution in [0.5, 0.6) is 0 Å². The van der Waals surface area contributed by atoms with Crippen molar-refractivity contribution < 1.29 is 13.9 Å². The van der Waals surface area contributed by atoms with Gasteiger partial charge in [-0.1, -0.05) is 12.1 Å². The molecule has 2 aromatic carbocycles. The first kappa shape index (κ1) is 18.5. The van der Waals surface area contributed by atoms with E-state index < -0.39 is 11.7 Å². The smallest absolute Gasteiger partial charge is 0.411 e. The van der Waals surface area contributed by atoms with Crippen LogP contribution in [-0.2, 0) is 4.74 Å². The maximum atomic E-state index is 12.6. The highest BCUT2D eigenvalue weighted by atomic mass is 16.5. The molecule has 3 rings (SSSR count). The number of nitrogens with one attached hydrogen (secondary N) is 1. The van der Waals surface area contributed by atoms with Crippen LogP contribution >= 0.6 is 0 Å². The second kappa shape index (κ2) is 7.53. The maximum Gasteiger partial charge on any atom is 0.411 e. The van der Waals surface area contributed by atoms with E-state index in [1.165, 1.54) is 0 Å². The number of anilines is 2. The van der Waals surface area contributed by atoms with E-state index in [-0.39, 0.29) is 6.61 Å². The molecule has 0 fully saturated rings. The van der Waals surface area contributed by atoms with Gasteiger partial charge in [0.05, 0.1) is 12.2 Å². The fraction of sp³-hybridized carbons (Fsp3) is 0.238. The fourth-order valence-electron chi connectivity index (χ4n) is 2.98. The Bertz CT molecular complexity index is 1040. The molecule has 1 amide bonds. The van der Waals surface area contributed by atoms with Gasteiger partial charge >= 0.3 is 11.7 Å². The van der Waals surface area contributed by atoms with Crippen LogP contribution in [-0.4, -0.2) is 26.8 Å². The third-order valence-corrected chi connectivity index (χ3v) is 4.36. The van der Waals surface area contributed by atoms with E-state index in [2.05, 4.69) is 5.32 Å². The minimum absolute atomic E-state index is 0.281. The quantitative estimate of drug-likeness (QED) is 0.693. The minimum Gasteiger partial charge on any atom is -0.450 e. The van der Waals surface area contributed by atoms with Crippen molar-refractivity contribution in [2.45, 2.75) is 13.8 Å². The SMILES string of the molecule is CCOC(=O)Nc1ccc2c(C)c(-c3ccc(N(C)C)cc3)c(=O)oc2c1. The van der Waals surface area contributed by atoms with Crippen LogP contribution in [0.3, 0.4) is 0 Å². The fourth-order valence-corrected chi connectivity index (χ4v) is 2.98. The summed E-state index contributed by atoms with van der Waals surface area (Å²) in [5.41, 5.74) is 3.75. The van der Waals surface area contributed by atoms with Crippen molar-refractivity contribution >= 4 is 28.4 Å². The summed E-state index contributed by atoms with van der Waals surface area (Å²) >= 11 is 0. The standard InChI is InChI=1S/C21H22N2O4/c1-5-26-21(25)22-15-8-11-17-13(2)19(20(24)27-18(17)12-15)14-6-9-16(10-7-14)23(3)4/h6-12H,5H2,1-4H3,(H,22,25). The van der Waals surface area contributed by atoms with Crippen LogP contribution in [0.1, 0.15) is 12.5 Å². The van der Waals surface area contributed by atoms with Crippen LogP contribution in [0.2, 0.25) is 0 Å². The number of rotatable bonds is 4. The molecular weight excluding hydrogens is 344 g/mol. The first-order valence-corrected chi connectivity index (χ1v) is 8.69. The second-order valence-corrected chi connectivity index (χ2v) is 6.39. The van der Waals surface area contributed by atoms with Crippen LogP contribution in [0.15, 0.2) is 51.7 Å². The molecule has 1 N–H and O–H groups in total. The molecule has 6 nitrogen and oxygen atoms in total. The van der Waals surface area contributed by atoms with E-state index in [0.29, 0.717) is 16.8 Å². The van der Waals surface area contributed by atoms with E-state index in [1.54, 1.807) is 19.1 Å². The third-order valence-electron chi connectivity index (χ3n) is 4.36. The van der Waals surface area contributed by atoms with Gasteiger partial charge in [0, 0.05) is 36.9 Å². The van der Waals surface area contributed by atoms with Crippen LogP contribution in [0.25, 0.3) is 22.1 Å². The summed E-state index contributed by atoms with van der Waals surface area (Å²) < 4.78 is 10.4. The number of fused-ring (bicyclic) bond motifs is 1. The normalized spacial score (nSPS) is 10.7. The van der Waals surface area contributed by atoms with E-state index >= 15 is 0 Å². The van der Waals surface area contributed by atoms with Crippen molar-refractivity contribution in [2.75, 3.05) is 30.9 Å². The van der Waals surface area contributed by atoms with Crippen LogP contribution < -0.4 is 15.8 Å². The monoisotopic (exact) mass is 366 g/mol. The molecule has 0 unspecified atom stereocenters. The Morgan fingerprint density at radius 3 is 2.48 bits per heavy atom. The van der Waals surface area contributed by atoms with Crippen molar-refractivity contribution in [3.63, 3.8) is 0 Å². The average molecular weight is 366 g/mol. The molecule has 27 heavy (non-hydrogen) atoms. The molecule has 0 saturated carbocycles. The van der Waals surface area contributed by atoms with Crippen molar-refractivity contribution in [3.05, 3.63) is 58.4 Å². The lowest BCUT2D eigenvalue weighted by Crippen LogP contribution is -2.13. The Balaban J connectivity index is 2.03. The zero-order chi connectivity index (χ0) is 19.6. The molecular formula is C21H22N2O4. The number of carbonyl (C=O) groups is 1. The topological polar surface area (TPSA) is 71.8 Å². The van der Waals surface area contributed by atoms with Gasteiger partial charge in [0.15, 0.2) is 0 Å². The van der Waals surface area contributed by atoms with Crippen molar-refractivity contribution in [3.8, 4) is 11.1 Å². The summed E-state index contributed by atoms with van der Waals surface area (Å²) in [4.78, 5) is 26.2. The number of carbonyl (C=O) groups excluding carboxylic acids is 1. The Morgan fingerprint density at radius 2 is 1.85 bits per heavy atom. The molecule has 0 saturated heterocycles. The van der Waals surface area contributed by atoms with E-state index in [1.807, 2.05) is 56.3 Å². The second-order valence-electron chi connectivity index (χ2n) is 6.39. The first-order chi connectivity index (χ1) is 12.9. The predicted octanol–water partition coefficient (Wildman–Crippen LogP) is 4.40. The number of ether oxygens (including phenoxy) is 1. The summed E-state index contributed by atoms with van der Waals surface area (Å²) in [5.74, 6) is 0. The van der Waals surface area contributed by atoms with Gasteiger partial charge in [0.25, 0.3) is 0 Å². The van der Waals surface area contributed by atoms with E-state index in [4.69, 9.17) is 9.15 Å². The van der Waals surface area contributed by atoms with Crippen LogP contribution in [0, 0.1) is 6.92 Å². The molecule has 6 heteroatoms. The Kier molecular flexibility index (Phi) is 5.16. The number of nitrogens with zero attached hydrogens (tertiary/aromatic N) is 1. The summed E-state index contributed by atoms with van der Waals surface area (Å²) in [6, 6.07) is 13.0. The van der Waals surface area contributed by atoms with Crippen molar-refractivity contribution in [1.82, 2.24) is 0 Å². The summed E-state index contributed by atoms with van der Waals surface area (Å²) in [5, 5.41) is 3.42. The summed E-state index contributed by atoms with van der Waals surface area (Å²) in [6.45, 7) is 3.91. The van der Waals surface area contributed by atoms with Crippen molar-refractivity contribution in [1.29, 1.82) is 0 Å². The van der Waals surface area contributed by atoms with Gasteiger partial charge in [-0.05, 0) is 49.2 Å². The van der Waals surface area contributed by atoms with Gasteiger partial charge in [0.2, 0.25) is 0 Å². The minimum atomic E-state index is -0.548. The number of aryl methyl sites for hydroxylation is 1. The van der Waals surface area contributed by atoms with Gasteiger partial charge in [-0.2, -0.15) is 0 Å². The largest absolute Gasteiger partial charge is 0.450 e. The molecule has 0 bridgehead atoms. The molecule has 3 aromatic rings. The first-order valence-electron chi connectivity index (χ1n) is 8.69. The molecule has 0 radical (unpaired) electrons. The zero-order valence-electron chi connectivity index (χ0n) is 15.8. The van der Waals surface area contributed by atoms with Gasteiger partial charge in [-0.25, -0.2) is 9.59 Å². The van der Waals surface area contributed by atoms with Gasteiger partial charge < -0.3 is 14.1 Å². The van der Waals surface area contributed by atoms with E-state index in [0.717, 1.165) is 22.2 Å². The lowest BCUT2D eigenvalue weighted by atomic mass is 9.99. The Morgan fingerprint density at radius 1 is 1.15 bits per heavy atom. The molecule has 0 aliphatic heterocycles. The van der Waals surface area contributed by atoms with Gasteiger partial charge in [-0.15, -0.1) is 0 Å². The highest BCUT2D eigenvalue weighted by Gasteiger charge is 2.14. The molecule has 0 spiro atoms. The number of amides is 1. The van der Waals surface area contributed by atoms with Crippen LogP contribution in [0.4, 0.5) is 16.2 Å². The molecule has 140 valence electrons.